The van der Waals surface area contributed by atoms with Gasteiger partial charge >= 0.3 is 0 Å². The minimum Gasteiger partial charge on any atom is -0.394 e. The lowest BCUT2D eigenvalue weighted by molar-refractivity contribution is -0.0266. The van der Waals surface area contributed by atoms with Gasteiger partial charge in [-0.2, -0.15) is 0 Å². The van der Waals surface area contributed by atoms with E-state index in [-0.39, 0.29) is 12.7 Å². The molecular weight excluding hydrogens is 528 g/mol. The molecule has 0 saturated heterocycles. The second-order valence-electron chi connectivity index (χ2n) is 10.5. The maximum Gasteiger partial charge on any atom is 0.0773 e. The summed E-state index contributed by atoms with van der Waals surface area (Å²) in [5.41, 5.74) is 0. The summed E-state index contributed by atoms with van der Waals surface area (Å²) in [6, 6.07) is 0. The van der Waals surface area contributed by atoms with Gasteiger partial charge in [-0.1, -0.05) is 96.8 Å². The van der Waals surface area contributed by atoms with E-state index in [9.17, 15) is 5.11 Å². The SMILES string of the molecule is CCCCCCCCCCCCCCCCC(O)COCCOCCOCCOCCOCCOCCOCCO. The van der Waals surface area contributed by atoms with Gasteiger partial charge in [0.15, 0.2) is 0 Å². The molecule has 9 heteroatoms. The van der Waals surface area contributed by atoms with Crippen LogP contribution in [0.3, 0.4) is 0 Å². The van der Waals surface area contributed by atoms with Crippen molar-refractivity contribution in [2.45, 2.75) is 109 Å². The second kappa shape index (κ2) is 37.7. The van der Waals surface area contributed by atoms with Gasteiger partial charge in [-0.3, -0.25) is 0 Å². The average Bonchev–Trinajstić information content (AvgIpc) is 2.98. The van der Waals surface area contributed by atoms with Crippen molar-refractivity contribution in [2.75, 3.05) is 99.1 Å². The zero-order valence-corrected chi connectivity index (χ0v) is 26.5. The van der Waals surface area contributed by atoms with E-state index in [0.29, 0.717) is 92.5 Å². The van der Waals surface area contributed by atoms with E-state index in [1.54, 1.807) is 0 Å². The number of ether oxygens (including phenoxy) is 7. The van der Waals surface area contributed by atoms with Crippen LogP contribution in [0.15, 0.2) is 0 Å². The number of aliphatic hydroxyl groups excluding tert-OH is 2. The van der Waals surface area contributed by atoms with Crippen molar-refractivity contribution in [3.8, 4) is 0 Å². The van der Waals surface area contributed by atoms with Crippen molar-refractivity contribution in [2.24, 2.45) is 0 Å². The monoisotopic (exact) mass is 594 g/mol. The Balaban J connectivity index is 3.13. The predicted octanol–water partition coefficient (Wildman–Crippen LogP) is 5.33. The Morgan fingerprint density at radius 2 is 0.683 bits per heavy atom. The first kappa shape index (κ1) is 40.6. The van der Waals surface area contributed by atoms with Crippen molar-refractivity contribution < 1.29 is 43.4 Å². The maximum absolute atomic E-state index is 10.1. The van der Waals surface area contributed by atoms with Crippen LogP contribution in [0.5, 0.6) is 0 Å². The molecule has 9 nitrogen and oxygen atoms in total. The zero-order valence-electron chi connectivity index (χ0n) is 26.5. The second-order valence-corrected chi connectivity index (χ2v) is 10.5. The molecule has 0 spiro atoms. The molecule has 0 radical (unpaired) electrons. The summed E-state index contributed by atoms with van der Waals surface area (Å²) < 4.78 is 37.8. The summed E-state index contributed by atoms with van der Waals surface area (Å²) in [5, 5.41) is 18.7. The highest BCUT2D eigenvalue weighted by Crippen LogP contribution is 2.13. The highest BCUT2D eigenvalue weighted by atomic mass is 16.6. The Hall–Kier alpha value is -0.360. The first-order valence-corrected chi connectivity index (χ1v) is 16.6. The zero-order chi connectivity index (χ0) is 29.7. The third-order valence-corrected chi connectivity index (χ3v) is 6.67. The Morgan fingerprint density at radius 1 is 0.390 bits per heavy atom. The maximum atomic E-state index is 10.1. The molecule has 0 aromatic carbocycles. The van der Waals surface area contributed by atoms with E-state index in [0.717, 1.165) is 12.8 Å². The van der Waals surface area contributed by atoms with E-state index in [4.69, 9.17) is 38.3 Å². The van der Waals surface area contributed by atoms with Crippen molar-refractivity contribution in [1.82, 2.24) is 0 Å². The fourth-order valence-corrected chi connectivity index (χ4v) is 4.26. The summed E-state index contributed by atoms with van der Waals surface area (Å²) in [7, 11) is 0. The average molecular weight is 595 g/mol. The molecule has 0 heterocycles. The lowest BCUT2D eigenvalue weighted by Gasteiger charge is -2.11. The first-order valence-electron chi connectivity index (χ1n) is 16.6. The van der Waals surface area contributed by atoms with E-state index < -0.39 is 0 Å². The van der Waals surface area contributed by atoms with Gasteiger partial charge in [0, 0.05) is 0 Å². The van der Waals surface area contributed by atoms with E-state index in [1.165, 1.54) is 83.5 Å². The molecule has 2 N–H and O–H groups in total. The molecule has 1 atom stereocenters. The number of hydrogen-bond donors (Lipinski definition) is 2. The summed E-state index contributed by atoms with van der Waals surface area (Å²) in [5.74, 6) is 0. The highest BCUT2D eigenvalue weighted by Gasteiger charge is 2.04. The fourth-order valence-electron chi connectivity index (χ4n) is 4.26. The standard InChI is InChI=1S/C32H66O9/c1-2-3-4-5-6-7-8-9-10-11-12-13-14-15-16-32(34)31-41-30-29-40-28-27-39-26-25-38-24-23-37-22-21-36-20-19-35-18-17-33/h32-34H,2-31H2,1H3. The van der Waals surface area contributed by atoms with Crippen LogP contribution in [0.4, 0.5) is 0 Å². The van der Waals surface area contributed by atoms with E-state index in [2.05, 4.69) is 6.92 Å². The van der Waals surface area contributed by atoms with Crippen LogP contribution in [0, 0.1) is 0 Å². The van der Waals surface area contributed by atoms with Crippen LogP contribution in [-0.4, -0.2) is 115 Å². The lowest BCUT2D eigenvalue weighted by Crippen LogP contribution is -2.18. The number of rotatable bonds is 37. The molecule has 0 fully saturated rings. The molecule has 0 aliphatic heterocycles. The van der Waals surface area contributed by atoms with Crippen molar-refractivity contribution in [3.63, 3.8) is 0 Å². The Bertz CT molecular complexity index is 457. The third-order valence-electron chi connectivity index (χ3n) is 6.67. The Labute approximate surface area is 251 Å². The van der Waals surface area contributed by atoms with Gasteiger partial charge in [-0.05, 0) is 6.42 Å². The largest absolute Gasteiger partial charge is 0.394 e. The van der Waals surface area contributed by atoms with Gasteiger partial charge in [-0.15, -0.1) is 0 Å². The van der Waals surface area contributed by atoms with Crippen molar-refractivity contribution in [3.05, 3.63) is 0 Å². The van der Waals surface area contributed by atoms with Crippen LogP contribution < -0.4 is 0 Å². The van der Waals surface area contributed by atoms with Crippen LogP contribution in [0.25, 0.3) is 0 Å². The van der Waals surface area contributed by atoms with E-state index >= 15 is 0 Å². The number of unbranched alkanes of at least 4 members (excludes halogenated alkanes) is 13. The quantitative estimate of drug-likeness (QED) is 0.0924. The molecule has 41 heavy (non-hydrogen) atoms. The first-order chi connectivity index (χ1) is 20.3. The van der Waals surface area contributed by atoms with Crippen LogP contribution in [0.2, 0.25) is 0 Å². The molecule has 248 valence electrons. The van der Waals surface area contributed by atoms with Gasteiger partial charge in [0.1, 0.15) is 0 Å². The fraction of sp³-hybridized carbons (Fsp3) is 1.00. The molecule has 1 unspecified atom stereocenters. The molecule has 0 saturated carbocycles. The summed E-state index contributed by atoms with van der Waals surface area (Å²) in [6.07, 6.45) is 19.3. The minimum atomic E-state index is -0.377. The summed E-state index contributed by atoms with van der Waals surface area (Å²) >= 11 is 0. The van der Waals surface area contributed by atoms with Gasteiger partial charge in [-0.25, -0.2) is 0 Å². The van der Waals surface area contributed by atoms with Crippen LogP contribution in [-0.2, 0) is 33.2 Å². The third kappa shape index (κ3) is 37.6. The van der Waals surface area contributed by atoms with Gasteiger partial charge in [0.2, 0.25) is 0 Å². The summed E-state index contributed by atoms with van der Waals surface area (Å²) in [4.78, 5) is 0. The molecule has 0 aromatic rings. The minimum absolute atomic E-state index is 0.0312. The topological polar surface area (TPSA) is 105 Å². The summed E-state index contributed by atoms with van der Waals surface area (Å²) in [6.45, 7) is 9.11. The lowest BCUT2D eigenvalue weighted by atomic mass is 10.0. The van der Waals surface area contributed by atoms with Crippen LogP contribution >= 0.6 is 0 Å². The van der Waals surface area contributed by atoms with E-state index in [1.807, 2.05) is 0 Å². The van der Waals surface area contributed by atoms with Crippen molar-refractivity contribution in [1.29, 1.82) is 0 Å². The molecule has 0 bridgehead atoms. The van der Waals surface area contributed by atoms with Crippen molar-refractivity contribution >= 4 is 0 Å². The van der Waals surface area contributed by atoms with Gasteiger partial charge in [0.05, 0.1) is 105 Å². The molecule has 0 rings (SSSR count). The normalized spacial score (nSPS) is 12.4. The molecule has 0 aliphatic carbocycles. The smallest absolute Gasteiger partial charge is 0.0773 e. The molecule has 0 amide bonds. The predicted molar refractivity (Wildman–Crippen MR) is 164 cm³/mol. The number of aliphatic hydroxyl groups is 2. The molecule has 0 aromatic heterocycles. The molecule has 0 aliphatic rings. The molecular formula is C32H66O9. The van der Waals surface area contributed by atoms with Crippen LogP contribution in [0.1, 0.15) is 103 Å². The highest BCUT2D eigenvalue weighted by molar-refractivity contribution is 4.55. The Morgan fingerprint density at radius 3 is 1.02 bits per heavy atom. The Kier molecular flexibility index (Phi) is 37.3. The van der Waals surface area contributed by atoms with Gasteiger partial charge in [0.25, 0.3) is 0 Å². The van der Waals surface area contributed by atoms with Gasteiger partial charge < -0.3 is 43.4 Å². The number of hydrogen-bond acceptors (Lipinski definition) is 9.